The zero-order chi connectivity index (χ0) is 15.6. The fraction of sp³-hybridized carbons (Fsp3) is 0.462. The van der Waals surface area contributed by atoms with Gasteiger partial charge in [0.25, 0.3) is 0 Å². The van der Waals surface area contributed by atoms with Crippen LogP contribution in [0.15, 0.2) is 12.1 Å². The minimum atomic E-state index is -1.24. The number of carboxylic acid groups (broad SMARTS) is 1. The van der Waals surface area contributed by atoms with Gasteiger partial charge in [-0.15, -0.1) is 0 Å². The normalized spacial score (nSPS) is 21.8. The van der Waals surface area contributed by atoms with Gasteiger partial charge in [0.05, 0.1) is 16.5 Å². The van der Waals surface area contributed by atoms with Crippen molar-refractivity contribution in [3.05, 3.63) is 33.9 Å². The van der Waals surface area contributed by atoms with Crippen molar-refractivity contribution in [2.75, 3.05) is 5.32 Å². The number of benzene rings is 1. The van der Waals surface area contributed by atoms with Gasteiger partial charge in [0.15, 0.2) is 0 Å². The van der Waals surface area contributed by atoms with Crippen LogP contribution in [0.4, 0.5) is 20.2 Å². The molecule has 1 saturated carbocycles. The number of carbonyl (C=O) groups is 1. The Bertz CT molecular complexity index is 580. The van der Waals surface area contributed by atoms with Gasteiger partial charge in [-0.3, -0.25) is 14.9 Å². The van der Waals surface area contributed by atoms with Crippen LogP contribution in [0.25, 0.3) is 0 Å². The molecule has 1 aromatic rings. The van der Waals surface area contributed by atoms with Crippen LogP contribution < -0.4 is 5.32 Å². The van der Waals surface area contributed by atoms with Crippen molar-refractivity contribution in [3.8, 4) is 0 Å². The predicted molar refractivity (Wildman–Crippen MR) is 70.0 cm³/mol. The minimum absolute atomic E-state index is 0.181. The number of nitrogens with one attached hydrogen (secondary N) is 1. The Kier molecular flexibility index (Phi) is 4.35. The van der Waals surface area contributed by atoms with Gasteiger partial charge in [-0.25, -0.2) is 4.39 Å². The molecule has 114 valence electrons. The summed E-state index contributed by atoms with van der Waals surface area (Å²) in [5.74, 6) is -3.60. The Morgan fingerprint density at radius 1 is 1.33 bits per heavy atom. The molecule has 0 heterocycles. The first-order valence-corrected chi connectivity index (χ1v) is 6.51. The lowest BCUT2D eigenvalue weighted by atomic mass is 9.85. The number of nitro groups is 1. The molecule has 0 saturated heterocycles. The highest BCUT2D eigenvalue weighted by atomic mass is 19.1. The molecule has 21 heavy (non-hydrogen) atoms. The number of anilines is 1. The topological polar surface area (TPSA) is 92.5 Å². The van der Waals surface area contributed by atoms with E-state index in [4.69, 9.17) is 5.11 Å². The van der Waals surface area contributed by atoms with Crippen LogP contribution in [0, 0.1) is 27.7 Å². The average molecular weight is 300 g/mol. The third kappa shape index (κ3) is 3.45. The monoisotopic (exact) mass is 300 g/mol. The Labute approximate surface area is 118 Å². The molecule has 2 N–H and O–H groups in total. The van der Waals surface area contributed by atoms with Crippen molar-refractivity contribution in [1.82, 2.24) is 0 Å². The lowest BCUT2D eigenvalue weighted by molar-refractivity contribution is -0.387. The van der Waals surface area contributed by atoms with Crippen molar-refractivity contribution >= 4 is 17.3 Å². The van der Waals surface area contributed by atoms with Gasteiger partial charge in [0.1, 0.15) is 5.82 Å². The van der Waals surface area contributed by atoms with Crippen molar-refractivity contribution in [2.24, 2.45) is 5.92 Å². The van der Waals surface area contributed by atoms with E-state index in [0.717, 1.165) is 6.07 Å². The van der Waals surface area contributed by atoms with Crippen molar-refractivity contribution < 1.29 is 23.6 Å². The van der Waals surface area contributed by atoms with Crippen LogP contribution in [-0.2, 0) is 4.79 Å². The third-order valence-corrected chi connectivity index (χ3v) is 3.62. The van der Waals surface area contributed by atoms with Crippen molar-refractivity contribution in [3.63, 3.8) is 0 Å². The van der Waals surface area contributed by atoms with Crippen LogP contribution in [0.3, 0.4) is 0 Å². The number of nitro benzene ring substituents is 1. The standard InChI is InChI=1S/C13H14F2N2O4/c14-9-5-10(15)12(17(20)21)6-11(9)16-8-3-1-2-7(4-8)13(18)19/h5-8,16H,1-4H2,(H,18,19). The number of rotatable bonds is 4. The predicted octanol–water partition coefficient (Wildman–Crippen LogP) is 2.93. The second kappa shape index (κ2) is 6.02. The lowest BCUT2D eigenvalue weighted by Gasteiger charge is -2.28. The summed E-state index contributed by atoms with van der Waals surface area (Å²) in [6.07, 6.45) is 2.16. The van der Waals surface area contributed by atoms with E-state index in [2.05, 4.69) is 5.32 Å². The molecule has 1 aliphatic carbocycles. The fourth-order valence-electron chi connectivity index (χ4n) is 2.55. The molecule has 1 aromatic carbocycles. The van der Waals surface area contributed by atoms with Crippen molar-refractivity contribution in [2.45, 2.75) is 31.7 Å². The number of halogens is 2. The fourth-order valence-corrected chi connectivity index (χ4v) is 2.55. The van der Waals surface area contributed by atoms with E-state index in [1.54, 1.807) is 0 Å². The summed E-state index contributed by atoms with van der Waals surface area (Å²) in [5.41, 5.74) is -0.997. The molecular weight excluding hydrogens is 286 g/mol. The van der Waals surface area contributed by atoms with E-state index < -0.39 is 34.1 Å². The molecule has 6 nitrogen and oxygen atoms in total. The maximum absolute atomic E-state index is 13.7. The van der Waals surface area contributed by atoms with Crippen LogP contribution in [0.5, 0.6) is 0 Å². The molecule has 0 aromatic heterocycles. The second-order valence-corrected chi connectivity index (χ2v) is 5.08. The van der Waals surface area contributed by atoms with Gasteiger partial charge in [-0.05, 0) is 19.3 Å². The van der Waals surface area contributed by atoms with Gasteiger partial charge < -0.3 is 10.4 Å². The van der Waals surface area contributed by atoms with Crippen LogP contribution in [-0.4, -0.2) is 22.0 Å². The maximum Gasteiger partial charge on any atom is 0.307 e. The Hall–Kier alpha value is -2.25. The van der Waals surface area contributed by atoms with Gasteiger partial charge >= 0.3 is 11.7 Å². The summed E-state index contributed by atoms with van der Waals surface area (Å²) in [5, 5.41) is 22.4. The van der Waals surface area contributed by atoms with Crippen molar-refractivity contribution in [1.29, 1.82) is 0 Å². The molecule has 0 radical (unpaired) electrons. The van der Waals surface area contributed by atoms with Crippen LogP contribution in [0.1, 0.15) is 25.7 Å². The van der Waals surface area contributed by atoms with Gasteiger partial charge in [0, 0.05) is 18.2 Å². The summed E-state index contributed by atoms with van der Waals surface area (Å²) >= 11 is 0. The van der Waals surface area contributed by atoms with E-state index >= 15 is 0 Å². The Balaban J connectivity index is 2.17. The first kappa shape index (κ1) is 15.1. The summed E-state index contributed by atoms with van der Waals surface area (Å²) in [7, 11) is 0. The number of aliphatic carboxylic acids is 1. The smallest absolute Gasteiger partial charge is 0.307 e. The summed E-state index contributed by atoms with van der Waals surface area (Å²) < 4.78 is 26.9. The molecule has 1 aliphatic rings. The van der Waals surface area contributed by atoms with Gasteiger partial charge in [0.2, 0.25) is 5.82 Å². The number of hydrogen-bond acceptors (Lipinski definition) is 4. The maximum atomic E-state index is 13.7. The Morgan fingerprint density at radius 2 is 2.05 bits per heavy atom. The van der Waals surface area contributed by atoms with E-state index in [-0.39, 0.29) is 11.7 Å². The zero-order valence-corrected chi connectivity index (χ0v) is 11.0. The molecule has 2 atom stereocenters. The molecule has 0 aliphatic heterocycles. The minimum Gasteiger partial charge on any atom is -0.481 e. The third-order valence-electron chi connectivity index (χ3n) is 3.62. The van der Waals surface area contributed by atoms with E-state index in [1.807, 2.05) is 0 Å². The number of hydrogen-bond donors (Lipinski definition) is 2. The molecule has 0 amide bonds. The molecular formula is C13H14F2N2O4. The molecule has 2 rings (SSSR count). The lowest BCUT2D eigenvalue weighted by Crippen LogP contribution is -2.31. The SMILES string of the molecule is O=C(O)C1CCCC(Nc2cc([N+](=O)[O-])c(F)cc2F)C1. The van der Waals surface area contributed by atoms with Crippen LogP contribution in [0.2, 0.25) is 0 Å². The first-order chi connectivity index (χ1) is 9.88. The number of carboxylic acids is 1. The summed E-state index contributed by atoms with van der Waals surface area (Å²) in [6, 6.07) is 0.951. The number of nitrogens with zero attached hydrogens (tertiary/aromatic N) is 1. The highest BCUT2D eigenvalue weighted by Gasteiger charge is 2.28. The van der Waals surface area contributed by atoms with Gasteiger partial charge in [-0.2, -0.15) is 4.39 Å². The average Bonchev–Trinajstić information content (AvgIpc) is 2.41. The Morgan fingerprint density at radius 3 is 2.67 bits per heavy atom. The molecule has 1 fully saturated rings. The van der Waals surface area contributed by atoms with E-state index in [9.17, 15) is 23.7 Å². The molecule has 8 heteroatoms. The first-order valence-electron chi connectivity index (χ1n) is 6.51. The zero-order valence-electron chi connectivity index (χ0n) is 11.0. The van der Waals surface area contributed by atoms with Gasteiger partial charge in [-0.1, -0.05) is 6.42 Å². The summed E-state index contributed by atoms with van der Waals surface area (Å²) in [4.78, 5) is 20.7. The van der Waals surface area contributed by atoms with E-state index in [0.29, 0.717) is 31.7 Å². The molecule has 0 spiro atoms. The van der Waals surface area contributed by atoms with Crippen LogP contribution >= 0.6 is 0 Å². The summed E-state index contributed by atoms with van der Waals surface area (Å²) in [6.45, 7) is 0. The molecule has 0 bridgehead atoms. The van der Waals surface area contributed by atoms with E-state index in [1.165, 1.54) is 0 Å². The quantitative estimate of drug-likeness (QED) is 0.659. The highest BCUT2D eigenvalue weighted by Crippen LogP contribution is 2.30. The second-order valence-electron chi connectivity index (χ2n) is 5.08. The largest absolute Gasteiger partial charge is 0.481 e. The molecule has 2 unspecified atom stereocenters. The highest BCUT2D eigenvalue weighted by molar-refractivity contribution is 5.70.